The number of hydrogen-bond donors (Lipinski definition) is 1. The van der Waals surface area contributed by atoms with Crippen molar-refractivity contribution in [2.24, 2.45) is 0 Å². The highest BCUT2D eigenvalue weighted by Crippen LogP contribution is 2.28. The van der Waals surface area contributed by atoms with E-state index in [0.29, 0.717) is 6.54 Å². The Morgan fingerprint density at radius 2 is 2.04 bits per heavy atom. The molecule has 0 bridgehead atoms. The third-order valence-corrected chi connectivity index (χ3v) is 4.71. The normalized spacial score (nSPS) is 10.9. The van der Waals surface area contributed by atoms with Gasteiger partial charge in [0.05, 0.1) is 10.6 Å². The van der Waals surface area contributed by atoms with Gasteiger partial charge in [0.1, 0.15) is 5.69 Å². The Morgan fingerprint density at radius 3 is 2.75 bits per heavy atom. The van der Waals surface area contributed by atoms with Crippen molar-refractivity contribution in [3.63, 3.8) is 0 Å². The molecule has 2 aromatic heterocycles. The van der Waals surface area contributed by atoms with Gasteiger partial charge in [-0.3, -0.25) is 4.79 Å². The van der Waals surface area contributed by atoms with Gasteiger partial charge in [0.25, 0.3) is 5.91 Å². The third-order valence-electron chi connectivity index (χ3n) is 3.83. The van der Waals surface area contributed by atoms with Gasteiger partial charge in [-0.05, 0) is 36.1 Å². The molecule has 0 saturated carbocycles. The first kappa shape index (κ1) is 19.6. The zero-order valence-electron chi connectivity index (χ0n) is 15.5. The zero-order chi connectivity index (χ0) is 19.8. The molecule has 0 spiro atoms. The SMILES string of the molecule is CCCNC(=O)COC(=O)/C=C/c1cn(-c2ccccc2)nc1-c1cccs1. The second-order valence-electron chi connectivity index (χ2n) is 5.98. The van der Waals surface area contributed by atoms with Crippen molar-refractivity contribution in [1.29, 1.82) is 0 Å². The number of aromatic nitrogens is 2. The van der Waals surface area contributed by atoms with Crippen LogP contribution in [0.15, 0.2) is 60.1 Å². The van der Waals surface area contributed by atoms with E-state index in [2.05, 4.69) is 10.4 Å². The predicted octanol–water partition coefficient (Wildman–Crippen LogP) is 3.68. The molecule has 3 rings (SSSR count). The number of benzene rings is 1. The topological polar surface area (TPSA) is 73.2 Å². The Balaban J connectivity index is 1.75. The molecule has 144 valence electrons. The summed E-state index contributed by atoms with van der Waals surface area (Å²) >= 11 is 1.58. The Labute approximate surface area is 167 Å². The number of hydrogen-bond acceptors (Lipinski definition) is 5. The maximum atomic E-state index is 12.0. The zero-order valence-corrected chi connectivity index (χ0v) is 16.3. The van der Waals surface area contributed by atoms with Crippen LogP contribution in [0.3, 0.4) is 0 Å². The van der Waals surface area contributed by atoms with Crippen molar-refractivity contribution >= 4 is 29.3 Å². The van der Waals surface area contributed by atoms with Gasteiger partial charge in [-0.25, -0.2) is 9.48 Å². The van der Waals surface area contributed by atoms with Gasteiger partial charge >= 0.3 is 5.97 Å². The molecule has 1 N–H and O–H groups in total. The molecule has 7 heteroatoms. The summed E-state index contributed by atoms with van der Waals surface area (Å²) in [5.41, 5.74) is 2.50. The van der Waals surface area contributed by atoms with Gasteiger partial charge < -0.3 is 10.1 Å². The average molecular weight is 395 g/mol. The summed E-state index contributed by atoms with van der Waals surface area (Å²) in [4.78, 5) is 24.5. The van der Waals surface area contributed by atoms with Crippen LogP contribution < -0.4 is 5.32 Å². The molecule has 0 atom stereocenters. The van der Waals surface area contributed by atoms with Crippen molar-refractivity contribution in [2.45, 2.75) is 13.3 Å². The molecule has 0 fully saturated rings. The maximum absolute atomic E-state index is 12.0. The number of ether oxygens (including phenoxy) is 1. The van der Waals surface area contributed by atoms with E-state index < -0.39 is 5.97 Å². The van der Waals surface area contributed by atoms with Crippen molar-refractivity contribution in [1.82, 2.24) is 15.1 Å². The average Bonchev–Trinajstić information content (AvgIpc) is 3.39. The number of carbonyl (C=O) groups is 2. The summed E-state index contributed by atoms with van der Waals surface area (Å²) in [7, 11) is 0. The van der Waals surface area contributed by atoms with Crippen LogP contribution in [0.2, 0.25) is 0 Å². The lowest BCUT2D eigenvalue weighted by Crippen LogP contribution is -2.28. The van der Waals surface area contributed by atoms with Crippen molar-refractivity contribution in [3.8, 4) is 16.3 Å². The molecule has 1 aromatic carbocycles. The van der Waals surface area contributed by atoms with E-state index in [9.17, 15) is 9.59 Å². The Bertz CT molecular complexity index is 947. The van der Waals surface area contributed by atoms with Crippen LogP contribution in [-0.4, -0.2) is 34.8 Å². The van der Waals surface area contributed by atoms with E-state index in [1.807, 2.05) is 61.0 Å². The Hall–Kier alpha value is -3.19. The molecule has 0 aliphatic carbocycles. The molecular formula is C21H21N3O3S. The van der Waals surface area contributed by atoms with E-state index >= 15 is 0 Å². The second-order valence-corrected chi connectivity index (χ2v) is 6.93. The molecule has 0 aliphatic rings. The number of rotatable bonds is 8. The molecule has 3 aromatic rings. The van der Waals surface area contributed by atoms with Crippen LogP contribution >= 0.6 is 11.3 Å². The fraction of sp³-hybridized carbons (Fsp3) is 0.190. The molecule has 0 radical (unpaired) electrons. The predicted molar refractivity (Wildman–Crippen MR) is 110 cm³/mol. The van der Waals surface area contributed by atoms with Gasteiger partial charge in [0.2, 0.25) is 0 Å². The van der Waals surface area contributed by atoms with E-state index in [4.69, 9.17) is 4.74 Å². The van der Waals surface area contributed by atoms with Gasteiger partial charge in [-0.1, -0.05) is 31.2 Å². The third kappa shape index (κ3) is 5.17. The number of para-hydroxylation sites is 1. The van der Waals surface area contributed by atoms with Crippen LogP contribution in [0.4, 0.5) is 0 Å². The van der Waals surface area contributed by atoms with Crippen LogP contribution in [0.1, 0.15) is 18.9 Å². The van der Waals surface area contributed by atoms with Crippen LogP contribution in [0.25, 0.3) is 22.3 Å². The van der Waals surface area contributed by atoms with Crippen LogP contribution in [-0.2, 0) is 14.3 Å². The Morgan fingerprint density at radius 1 is 1.21 bits per heavy atom. The lowest BCUT2D eigenvalue weighted by Gasteiger charge is -2.03. The Kier molecular flexibility index (Phi) is 6.75. The van der Waals surface area contributed by atoms with Gasteiger partial charge in [-0.15, -0.1) is 11.3 Å². The highest BCUT2D eigenvalue weighted by molar-refractivity contribution is 7.13. The molecule has 2 heterocycles. The number of thiophene rings is 1. The molecule has 6 nitrogen and oxygen atoms in total. The second kappa shape index (κ2) is 9.66. The minimum absolute atomic E-state index is 0.287. The molecule has 0 saturated heterocycles. The summed E-state index contributed by atoms with van der Waals surface area (Å²) in [6.07, 6.45) is 5.67. The summed E-state index contributed by atoms with van der Waals surface area (Å²) in [5, 5.41) is 9.31. The van der Waals surface area contributed by atoms with Gasteiger partial charge in [0, 0.05) is 24.4 Å². The monoisotopic (exact) mass is 395 g/mol. The minimum Gasteiger partial charge on any atom is -0.452 e. The smallest absolute Gasteiger partial charge is 0.331 e. The fourth-order valence-electron chi connectivity index (χ4n) is 2.49. The largest absolute Gasteiger partial charge is 0.452 e. The van der Waals surface area contributed by atoms with E-state index in [1.54, 1.807) is 22.1 Å². The molecule has 28 heavy (non-hydrogen) atoms. The molecule has 0 unspecified atom stereocenters. The van der Waals surface area contributed by atoms with Crippen molar-refractivity contribution in [3.05, 3.63) is 65.7 Å². The number of nitrogens with zero attached hydrogens (tertiary/aromatic N) is 2. The highest BCUT2D eigenvalue weighted by atomic mass is 32.1. The summed E-state index contributed by atoms with van der Waals surface area (Å²) in [5.74, 6) is -0.879. The van der Waals surface area contributed by atoms with E-state index in [1.165, 1.54) is 6.08 Å². The van der Waals surface area contributed by atoms with Gasteiger partial charge in [0.15, 0.2) is 6.61 Å². The lowest BCUT2D eigenvalue weighted by molar-refractivity contribution is -0.143. The van der Waals surface area contributed by atoms with Crippen LogP contribution in [0.5, 0.6) is 0 Å². The highest BCUT2D eigenvalue weighted by Gasteiger charge is 2.12. The van der Waals surface area contributed by atoms with Crippen molar-refractivity contribution < 1.29 is 14.3 Å². The summed E-state index contributed by atoms with van der Waals surface area (Å²) in [6.45, 7) is 2.23. The molecule has 0 aliphatic heterocycles. The van der Waals surface area contributed by atoms with Crippen molar-refractivity contribution in [2.75, 3.05) is 13.2 Å². The molecule has 1 amide bonds. The first-order valence-electron chi connectivity index (χ1n) is 8.98. The number of amides is 1. The summed E-state index contributed by atoms with van der Waals surface area (Å²) in [6, 6.07) is 13.7. The lowest BCUT2D eigenvalue weighted by atomic mass is 10.2. The van der Waals surface area contributed by atoms with E-state index in [-0.39, 0.29) is 12.5 Å². The number of carbonyl (C=O) groups excluding carboxylic acids is 2. The van der Waals surface area contributed by atoms with E-state index in [0.717, 1.165) is 28.2 Å². The summed E-state index contributed by atoms with van der Waals surface area (Å²) < 4.78 is 6.76. The van der Waals surface area contributed by atoms with Gasteiger partial charge in [-0.2, -0.15) is 5.10 Å². The first-order chi connectivity index (χ1) is 13.7. The number of nitrogens with one attached hydrogen (secondary N) is 1. The minimum atomic E-state index is -0.573. The standard InChI is InChI=1S/C21H21N3O3S/c1-2-12-22-19(25)15-27-20(26)11-10-16-14-24(17-7-4-3-5-8-17)23-21(16)18-9-6-13-28-18/h3-11,13-14H,2,12,15H2,1H3,(H,22,25)/b11-10+. The quantitative estimate of drug-likeness (QED) is 0.466. The first-order valence-corrected chi connectivity index (χ1v) is 9.86. The van der Waals surface area contributed by atoms with Crippen LogP contribution in [0, 0.1) is 0 Å². The number of esters is 1. The fourth-order valence-corrected chi connectivity index (χ4v) is 3.22. The maximum Gasteiger partial charge on any atom is 0.331 e. The molecular weight excluding hydrogens is 374 g/mol.